The Labute approximate surface area is 195 Å². The highest BCUT2D eigenvalue weighted by Gasteiger charge is 2.17. The smallest absolute Gasteiger partial charge is 0.239 e. The molecule has 1 fully saturated rings. The second-order valence-electron chi connectivity index (χ2n) is 7.81. The van der Waals surface area contributed by atoms with E-state index in [4.69, 9.17) is 5.14 Å². The number of carbonyl (C=O) groups is 1. The first-order valence-corrected chi connectivity index (χ1v) is 12.1. The van der Waals surface area contributed by atoms with Gasteiger partial charge in [-0.3, -0.25) is 4.79 Å². The lowest BCUT2D eigenvalue weighted by Crippen LogP contribution is -2.48. The summed E-state index contributed by atoms with van der Waals surface area (Å²) in [6, 6.07) is 15.7. The molecule has 2 aromatic heterocycles. The minimum absolute atomic E-state index is 0.0119. The Balaban J connectivity index is 1.43. The van der Waals surface area contributed by atoms with E-state index in [-0.39, 0.29) is 10.8 Å². The van der Waals surface area contributed by atoms with Crippen LogP contribution in [-0.2, 0) is 14.8 Å². The van der Waals surface area contributed by atoms with Gasteiger partial charge >= 0.3 is 0 Å². The van der Waals surface area contributed by atoms with Gasteiger partial charge in [0.25, 0.3) is 0 Å². The Kier molecular flexibility index (Phi) is 5.56. The number of hydrogen-bond acceptors (Lipinski definition) is 8. The largest absolute Gasteiger partial charge is 0.353 e. The van der Waals surface area contributed by atoms with Gasteiger partial charge in [0.2, 0.25) is 21.9 Å². The lowest BCUT2D eigenvalue weighted by Gasteiger charge is -2.27. The fourth-order valence-corrected chi connectivity index (χ4v) is 4.29. The number of para-hydroxylation sites is 1. The minimum atomic E-state index is -3.76. The summed E-state index contributed by atoms with van der Waals surface area (Å²) in [5.41, 5.74) is 3.15. The molecule has 4 aromatic rings. The normalized spacial score (nSPS) is 14.1. The standard InChI is InChI=1S/C23H21N7O3S/c24-34(32,33)18-7-5-17(6-8-18)28-23-27-13-16-2-1-3-19(22(16)29-23)15-4-9-20(26-12-15)30-11-10-25-21(31)14-30/h1-9,12-13H,10-11,14H2,(H,25,31)(H2,24,32,33)(H,27,28,29). The third-order valence-electron chi connectivity index (χ3n) is 5.47. The zero-order valence-corrected chi connectivity index (χ0v) is 18.8. The van der Waals surface area contributed by atoms with Crippen LogP contribution in [0, 0.1) is 0 Å². The predicted octanol–water partition coefficient (Wildman–Crippen LogP) is 2.02. The molecule has 34 heavy (non-hydrogen) atoms. The molecular formula is C23H21N7O3S. The first-order chi connectivity index (χ1) is 16.4. The number of nitrogens with zero attached hydrogens (tertiary/aromatic N) is 4. The maximum Gasteiger partial charge on any atom is 0.239 e. The number of anilines is 3. The summed E-state index contributed by atoms with van der Waals surface area (Å²) < 4.78 is 22.9. The number of amides is 1. The summed E-state index contributed by atoms with van der Waals surface area (Å²) in [7, 11) is -3.76. The van der Waals surface area contributed by atoms with Crippen LogP contribution in [0.2, 0.25) is 0 Å². The van der Waals surface area contributed by atoms with Crippen molar-refractivity contribution in [2.24, 2.45) is 5.14 Å². The van der Waals surface area contributed by atoms with E-state index in [1.54, 1.807) is 24.5 Å². The number of sulfonamides is 1. The molecule has 1 saturated heterocycles. The molecule has 2 aromatic carbocycles. The molecule has 172 valence electrons. The van der Waals surface area contributed by atoms with Gasteiger partial charge in [0.1, 0.15) is 5.82 Å². The average molecular weight is 476 g/mol. The molecule has 11 heteroatoms. The third-order valence-corrected chi connectivity index (χ3v) is 6.40. The van der Waals surface area contributed by atoms with Gasteiger partial charge in [0, 0.05) is 47.7 Å². The number of carbonyl (C=O) groups excluding carboxylic acids is 1. The number of benzene rings is 2. The fraction of sp³-hybridized carbons (Fsp3) is 0.130. The zero-order chi connectivity index (χ0) is 23.7. The molecule has 5 rings (SSSR count). The lowest BCUT2D eigenvalue weighted by molar-refractivity contribution is -0.120. The first-order valence-electron chi connectivity index (χ1n) is 10.5. The molecule has 0 saturated carbocycles. The van der Waals surface area contributed by atoms with E-state index >= 15 is 0 Å². The summed E-state index contributed by atoms with van der Waals surface area (Å²) in [6.45, 7) is 1.61. The van der Waals surface area contributed by atoms with Crippen molar-refractivity contribution in [3.8, 4) is 11.1 Å². The van der Waals surface area contributed by atoms with Crippen molar-refractivity contribution in [2.45, 2.75) is 4.90 Å². The maximum atomic E-state index is 11.7. The highest BCUT2D eigenvalue weighted by atomic mass is 32.2. The van der Waals surface area contributed by atoms with Crippen LogP contribution in [0.25, 0.3) is 22.0 Å². The number of piperazine rings is 1. The number of aromatic nitrogens is 3. The first kappa shape index (κ1) is 21.7. The average Bonchev–Trinajstić information content (AvgIpc) is 2.84. The summed E-state index contributed by atoms with van der Waals surface area (Å²) in [5, 5.41) is 11.9. The Bertz CT molecular complexity index is 1470. The number of hydrogen-bond donors (Lipinski definition) is 3. The Hall–Kier alpha value is -4.09. The van der Waals surface area contributed by atoms with Crippen molar-refractivity contribution in [1.29, 1.82) is 0 Å². The molecule has 1 aliphatic heterocycles. The molecule has 1 amide bonds. The highest BCUT2D eigenvalue weighted by Crippen LogP contribution is 2.29. The molecule has 10 nitrogen and oxygen atoms in total. The molecular weight excluding hydrogens is 454 g/mol. The molecule has 1 aliphatic rings. The SMILES string of the molecule is NS(=O)(=O)c1ccc(Nc2ncc3cccc(-c4ccc(N5CCNC(=O)C5)nc4)c3n2)cc1. The topological polar surface area (TPSA) is 143 Å². The summed E-state index contributed by atoms with van der Waals surface area (Å²) >= 11 is 0. The van der Waals surface area contributed by atoms with E-state index in [1.807, 2.05) is 35.2 Å². The molecule has 0 radical (unpaired) electrons. The van der Waals surface area contributed by atoms with Gasteiger partial charge in [-0.2, -0.15) is 0 Å². The summed E-state index contributed by atoms with van der Waals surface area (Å²) in [6.07, 6.45) is 3.50. The van der Waals surface area contributed by atoms with Crippen molar-refractivity contribution < 1.29 is 13.2 Å². The van der Waals surface area contributed by atoms with Crippen molar-refractivity contribution in [3.05, 3.63) is 67.0 Å². The van der Waals surface area contributed by atoms with Crippen molar-refractivity contribution in [3.63, 3.8) is 0 Å². The quantitative estimate of drug-likeness (QED) is 0.398. The van der Waals surface area contributed by atoms with Crippen LogP contribution in [-0.4, -0.2) is 48.9 Å². The van der Waals surface area contributed by atoms with Crippen LogP contribution in [0.4, 0.5) is 17.5 Å². The minimum Gasteiger partial charge on any atom is -0.353 e. The molecule has 4 N–H and O–H groups in total. The van der Waals surface area contributed by atoms with Gasteiger partial charge < -0.3 is 15.5 Å². The van der Waals surface area contributed by atoms with Gasteiger partial charge in [-0.25, -0.2) is 28.5 Å². The van der Waals surface area contributed by atoms with Crippen molar-refractivity contribution >= 4 is 44.3 Å². The Morgan fingerprint density at radius 3 is 2.53 bits per heavy atom. The van der Waals surface area contributed by atoms with Crippen molar-refractivity contribution in [1.82, 2.24) is 20.3 Å². The van der Waals surface area contributed by atoms with E-state index in [2.05, 4.69) is 25.6 Å². The van der Waals surface area contributed by atoms with E-state index in [1.165, 1.54) is 12.1 Å². The van der Waals surface area contributed by atoms with Gasteiger partial charge in [-0.15, -0.1) is 0 Å². The molecule has 0 atom stereocenters. The lowest BCUT2D eigenvalue weighted by atomic mass is 10.0. The summed E-state index contributed by atoms with van der Waals surface area (Å²) in [5.74, 6) is 1.10. The number of pyridine rings is 1. The fourth-order valence-electron chi connectivity index (χ4n) is 3.77. The van der Waals surface area contributed by atoms with E-state index in [9.17, 15) is 13.2 Å². The van der Waals surface area contributed by atoms with E-state index in [0.29, 0.717) is 31.3 Å². The molecule has 0 spiro atoms. The van der Waals surface area contributed by atoms with Crippen LogP contribution in [0.15, 0.2) is 71.9 Å². The Morgan fingerprint density at radius 2 is 1.82 bits per heavy atom. The number of nitrogens with one attached hydrogen (secondary N) is 2. The number of primary sulfonamides is 1. The number of fused-ring (bicyclic) bond motifs is 1. The highest BCUT2D eigenvalue weighted by molar-refractivity contribution is 7.89. The number of nitrogens with two attached hydrogens (primary N) is 1. The van der Waals surface area contributed by atoms with Gasteiger partial charge in [0.05, 0.1) is 17.0 Å². The van der Waals surface area contributed by atoms with Crippen molar-refractivity contribution in [2.75, 3.05) is 29.9 Å². The van der Waals surface area contributed by atoms with Crippen LogP contribution in [0.1, 0.15) is 0 Å². The second-order valence-corrected chi connectivity index (χ2v) is 9.37. The second kappa shape index (κ2) is 8.69. The van der Waals surface area contributed by atoms with Crippen LogP contribution >= 0.6 is 0 Å². The van der Waals surface area contributed by atoms with Gasteiger partial charge in [-0.1, -0.05) is 18.2 Å². The zero-order valence-electron chi connectivity index (χ0n) is 18.0. The van der Waals surface area contributed by atoms with Crippen LogP contribution in [0.3, 0.4) is 0 Å². The van der Waals surface area contributed by atoms with E-state index in [0.717, 1.165) is 27.8 Å². The monoisotopic (exact) mass is 475 g/mol. The van der Waals surface area contributed by atoms with Gasteiger partial charge in [-0.05, 0) is 36.4 Å². The maximum absolute atomic E-state index is 11.7. The molecule has 0 unspecified atom stereocenters. The summed E-state index contributed by atoms with van der Waals surface area (Å²) in [4.78, 5) is 27.3. The van der Waals surface area contributed by atoms with Gasteiger partial charge in [0.15, 0.2) is 0 Å². The Morgan fingerprint density at radius 1 is 1.00 bits per heavy atom. The van der Waals surface area contributed by atoms with E-state index < -0.39 is 10.0 Å². The van der Waals surface area contributed by atoms with Crippen LogP contribution < -0.4 is 20.7 Å². The third kappa shape index (κ3) is 4.51. The molecule has 0 bridgehead atoms. The number of rotatable bonds is 5. The van der Waals surface area contributed by atoms with Crippen LogP contribution in [0.5, 0.6) is 0 Å². The predicted molar refractivity (Wildman–Crippen MR) is 129 cm³/mol. The molecule has 0 aliphatic carbocycles. The molecule has 3 heterocycles.